The topological polar surface area (TPSA) is 112 Å². The zero-order valence-corrected chi connectivity index (χ0v) is 20.8. The number of hydrazone groups is 1. The third-order valence-corrected chi connectivity index (χ3v) is 5.74. The molecule has 3 aromatic carbocycles. The minimum absolute atomic E-state index is 0.0592. The zero-order chi connectivity index (χ0) is 24.6. The molecule has 2 N–H and O–H groups in total. The average molecular weight is 577 g/mol. The molecule has 0 saturated heterocycles. The molecule has 35 heavy (non-hydrogen) atoms. The van der Waals surface area contributed by atoms with Gasteiger partial charge in [-0.15, -0.1) is 0 Å². The van der Waals surface area contributed by atoms with Gasteiger partial charge in [0.05, 0.1) is 22.6 Å². The van der Waals surface area contributed by atoms with Crippen molar-refractivity contribution in [2.75, 3.05) is 12.5 Å². The van der Waals surface area contributed by atoms with E-state index in [0.29, 0.717) is 23.7 Å². The third kappa shape index (κ3) is 5.85. The Morgan fingerprint density at radius 2 is 1.86 bits per heavy atom. The summed E-state index contributed by atoms with van der Waals surface area (Å²) in [6.45, 7) is 0.420. The van der Waals surface area contributed by atoms with Crippen LogP contribution < -0.4 is 20.5 Å². The van der Waals surface area contributed by atoms with Gasteiger partial charge in [-0.25, -0.2) is 10.4 Å². The van der Waals surface area contributed by atoms with Gasteiger partial charge in [-0.2, -0.15) is 10.4 Å². The average Bonchev–Trinajstić information content (AvgIpc) is 2.88. The highest BCUT2D eigenvalue weighted by Gasteiger charge is 2.14. The number of hydrogen-bond donors (Lipinski definition) is 2. The van der Waals surface area contributed by atoms with E-state index in [2.05, 4.69) is 43.1 Å². The van der Waals surface area contributed by atoms with Gasteiger partial charge in [0.2, 0.25) is 5.95 Å². The van der Waals surface area contributed by atoms with E-state index in [4.69, 9.17) is 9.47 Å². The summed E-state index contributed by atoms with van der Waals surface area (Å²) in [5.41, 5.74) is 4.88. The summed E-state index contributed by atoms with van der Waals surface area (Å²) in [6, 6.07) is 24.5. The fourth-order valence-electron chi connectivity index (χ4n) is 3.29. The van der Waals surface area contributed by atoms with Crippen LogP contribution in [0.4, 0.5) is 5.95 Å². The van der Waals surface area contributed by atoms with E-state index >= 15 is 0 Å². The van der Waals surface area contributed by atoms with Crippen LogP contribution in [-0.4, -0.2) is 23.3 Å². The molecule has 0 radical (unpaired) electrons. The number of aromatic amines is 1. The summed E-state index contributed by atoms with van der Waals surface area (Å²) in [5.74, 6) is 1.34. The SMILES string of the molecule is COc1cc(C=NNc2nc(-c3ccccc3)c(C#N)c(=O)[nH]2)cc(I)c1OCc1ccccc1. The van der Waals surface area contributed by atoms with Crippen LogP contribution in [0.5, 0.6) is 11.5 Å². The second kappa shape index (κ2) is 11.3. The van der Waals surface area contributed by atoms with Crippen LogP contribution in [0.15, 0.2) is 82.7 Å². The lowest BCUT2D eigenvalue weighted by Crippen LogP contribution is -2.16. The molecular weight excluding hydrogens is 557 g/mol. The molecule has 1 heterocycles. The third-order valence-electron chi connectivity index (χ3n) is 4.94. The number of anilines is 1. The van der Waals surface area contributed by atoms with E-state index in [9.17, 15) is 10.1 Å². The number of methoxy groups -OCH3 is 1. The van der Waals surface area contributed by atoms with Crippen molar-refractivity contribution in [1.82, 2.24) is 9.97 Å². The number of nitrogens with zero attached hydrogens (tertiary/aromatic N) is 3. The van der Waals surface area contributed by atoms with Crippen molar-refractivity contribution in [3.05, 3.63) is 103 Å². The summed E-state index contributed by atoms with van der Waals surface area (Å²) in [5, 5.41) is 13.6. The number of nitriles is 1. The molecule has 9 heteroatoms. The van der Waals surface area contributed by atoms with Gasteiger partial charge >= 0.3 is 0 Å². The number of rotatable bonds is 8. The number of benzene rings is 3. The van der Waals surface area contributed by atoms with Crippen LogP contribution in [-0.2, 0) is 6.61 Å². The monoisotopic (exact) mass is 577 g/mol. The van der Waals surface area contributed by atoms with E-state index in [0.717, 1.165) is 14.7 Å². The number of H-pyrrole nitrogens is 1. The van der Waals surface area contributed by atoms with Crippen molar-refractivity contribution in [3.63, 3.8) is 0 Å². The lowest BCUT2D eigenvalue weighted by molar-refractivity contribution is 0.282. The Morgan fingerprint density at radius 3 is 2.54 bits per heavy atom. The number of hydrogen-bond acceptors (Lipinski definition) is 7. The smallest absolute Gasteiger partial charge is 0.270 e. The Labute approximate surface area is 215 Å². The normalized spacial score (nSPS) is 10.7. The summed E-state index contributed by atoms with van der Waals surface area (Å²) >= 11 is 2.19. The Bertz CT molecular complexity index is 1450. The van der Waals surface area contributed by atoms with Crippen molar-refractivity contribution in [3.8, 4) is 28.8 Å². The minimum atomic E-state index is -0.546. The Morgan fingerprint density at radius 1 is 1.14 bits per heavy atom. The van der Waals surface area contributed by atoms with Crippen molar-refractivity contribution < 1.29 is 9.47 Å². The summed E-state index contributed by atoms with van der Waals surface area (Å²) in [6.07, 6.45) is 1.58. The highest BCUT2D eigenvalue weighted by Crippen LogP contribution is 2.34. The Balaban J connectivity index is 1.53. The molecule has 0 amide bonds. The highest BCUT2D eigenvalue weighted by molar-refractivity contribution is 14.1. The van der Waals surface area contributed by atoms with Crippen LogP contribution >= 0.6 is 22.6 Å². The predicted octanol–water partition coefficient (Wildman–Crippen LogP) is 4.95. The molecule has 4 aromatic rings. The van der Waals surface area contributed by atoms with Gasteiger partial charge < -0.3 is 9.47 Å². The number of ether oxygens (including phenoxy) is 2. The first-order chi connectivity index (χ1) is 17.1. The maximum atomic E-state index is 12.4. The van der Waals surface area contributed by atoms with Crippen molar-refractivity contribution >= 4 is 34.8 Å². The van der Waals surface area contributed by atoms with Crippen LogP contribution in [0.2, 0.25) is 0 Å². The lowest BCUT2D eigenvalue weighted by atomic mass is 10.1. The zero-order valence-electron chi connectivity index (χ0n) is 18.7. The molecule has 174 valence electrons. The van der Waals surface area contributed by atoms with Gasteiger partial charge in [0.25, 0.3) is 5.56 Å². The fourth-order valence-corrected chi connectivity index (χ4v) is 4.07. The molecular formula is C26H20IN5O3. The fraction of sp³-hybridized carbons (Fsp3) is 0.0769. The van der Waals surface area contributed by atoms with Gasteiger partial charge in [0.1, 0.15) is 18.2 Å². The predicted molar refractivity (Wildman–Crippen MR) is 143 cm³/mol. The molecule has 8 nitrogen and oxygen atoms in total. The first kappa shape index (κ1) is 24.0. The molecule has 0 saturated carbocycles. The van der Waals surface area contributed by atoms with E-state index in [-0.39, 0.29) is 17.2 Å². The summed E-state index contributed by atoms with van der Waals surface area (Å²) in [4.78, 5) is 19.3. The largest absolute Gasteiger partial charge is 0.493 e. The van der Waals surface area contributed by atoms with Gasteiger partial charge in [0, 0.05) is 5.56 Å². The van der Waals surface area contributed by atoms with Crippen LogP contribution in [0.3, 0.4) is 0 Å². The number of nitrogens with one attached hydrogen (secondary N) is 2. The Hall–Kier alpha value is -4.17. The van der Waals surface area contributed by atoms with E-state index < -0.39 is 5.56 Å². The number of aromatic nitrogens is 2. The van der Waals surface area contributed by atoms with Crippen LogP contribution in [0.1, 0.15) is 16.7 Å². The Kier molecular flexibility index (Phi) is 7.74. The standard InChI is InChI=1S/C26H20IN5O3/c1-34-22-13-18(12-21(27)24(22)35-16-17-8-4-2-5-9-17)15-29-32-26-30-23(19-10-6-3-7-11-19)20(14-28)25(33)31-26/h2-13,15H,16H2,1H3,(H2,30,31,32,33). The molecule has 1 aromatic heterocycles. The molecule has 0 bridgehead atoms. The molecule has 0 unspecified atom stereocenters. The quantitative estimate of drug-likeness (QED) is 0.174. The first-order valence-electron chi connectivity index (χ1n) is 10.5. The summed E-state index contributed by atoms with van der Waals surface area (Å²) < 4.78 is 12.4. The first-order valence-corrected chi connectivity index (χ1v) is 11.6. The maximum Gasteiger partial charge on any atom is 0.270 e. The van der Waals surface area contributed by atoms with Gasteiger partial charge in [0.15, 0.2) is 11.5 Å². The molecule has 0 spiro atoms. The molecule has 4 rings (SSSR count). The lowest BCUT2D eigenvalue weighted by Gasteiger charge is -2.13. The van der Waals surface area contributed by atoms with Gasteiger partial charge in [-0.1, -0.05) is 60.7 Å². The van der Waals surface area contributed by atoms with E-state index in [1.165, 1.54) is 0 Å². The highest BCUT2D eigenvalue weighted by atomic mass is 127. The molecule has 0 aliphatic rings. The van der Waals surface area contributed by atoms with Crippen LogP contribution in [0, 0.1) is 14.9 Å². The van der Waals surface area contributed by atoms with Crippen molar-refractivity contribution in [2.45, 2.75) is 6.61 Å². The second-order valence-electron chi connectivity index (χ2n) is 7.29. The summed E-state index contributed by atoms with van der Waals surface area (Å²) in [7, 11) is 1.58. The maximum absolute atomic E-state index is 12.4. The minimum Gasteiger partial charge on any atom is -0.493 e. The molecule has 0 aliphatic carbocycles. The van der Waals surface area contributed by atoms with Crippen molar-refractivity contribution in [1.29, 1.82) is 5.26 Å². The molecule has 0 aliphatic heterocycles. The van der Waals surface area contributed by atoms with Crippen LogP contribution in [0.25, 0.3) is 11.3 Å². The van der Waals surface area contributed by atoms with Gasteiger partial charge in [-0.3, -0.25) is 9.78 Å². The van der Waals surface area contributed by atoms with Crippen molar-refractivity contribution in [2.24, 2.45) is 5.10 Å². The van der Waals surface area contributed by atoms with Gasteiger partial charge in [-0.05, 0) is 45.9 Å². The molecule has 0 atom stereocenters. The second-order valence-corrected chi connectivity index (χ2v) is 8.46. The number of halogens is 1. The van der Waals surface area contributed by atoms with E-state index in [1.54, 1.807) is 31.5 Å². The van der Waals surface area contributed by atoms with E-state index in [1.807, 2.05) is 60.7 Å². The molecule has 0 fully saturated rings.